The summed E-state index contributed by atoms with van der Waals surface area (Å²) in [6.45, 7) is 3.15. The maximum atomic E-state index is 13.1. The zero-order valence-corrected chi connectivity index (χ0v) is 17.0. The summed E-state index contributed by atoms with van der Waals surface area (Å²) in [6, 6.07) is -0.0900. The van der Waals surface area contributed by atoms with Crippen LogP contribution in [0.25, 0.3) is 0 Å². The first-order chi connectivity index (χ1) is 12.6. The van der Waals surface area contributed by atoms with E-state index in [1.54, 1.807) is 4.31 Å². The third-order valence-electron chi connectivity index (χ3n) is 5.71. The van der Waals surface area contributed by atoms with Gasteiger partial charge < -0.3 is 15.2 Å². The quantitative estimate of drug-likeness (QED) is 0.728. The lowest BCUT2D eigenvalue weighted by Gasteiger charge is -2.32. The highest BCUT2D eigenvalue weighted by molar-refractivity contribution is 7.89. The van der Waals surface area contributed by atoms with Gasteiger partial charge in [0.15, 0.2) is 5.03 Å². The Morgan fingerprint density at radius 3 is 2.89 bits per heavy atom. The molecule has 0 aliphatic carbocycles. The minimum atomic E-state index is -3.52. The van der Waals surface area contributed by atoms with E-state index in [2.05, 4.69) is 15.6 Å². The van der Waals surface area contributed by atoms with Gasteiger partial charge in [0.2, 0.25) is 5.91 Å². The fourth-order valence-electron chi connectivity index (χ4n) is 4.26. The van der Waals surface area contributed by atoms with Gasteiger partial charge in [-0.15, -0.1) is 12.4 Å². The molecule has 27 heavy (non-hydrogen) atoms. The molecule has 4 heterocycles. The Morgan fingerprint density at radius 1 is 1.26 bits per heavy atom. The van der Waals surface area contributed by atoms with Crippen LogP contribution in [0.3, 0.4) is 0 Å². The number of piperidine rings is 1. The summed E-state index contributed by atoms with van der Waals surface area (Å²) in [6.07, 6.45) is 6.97. The molecular weight excluding hydrogens is 390 g/mol. The zero-order valence-electron chi connectivity index (χ0n) is 15.4. The predicted octanol–water partition coefficient (Wildman–Crippen LogP) is 0.520. The summed E-state index contributed by atoms with van der Waals surface area (Å²) in [5.74, 6) is 1.06. The summed E-state index contributed by atoms with van der Waals surface area (Å²) < 4.78 is 29.6. The van der Waals surface area contributed by atoms with Gasteiger partial charge in [-0.05, 0) is 44.6 Å². The second-order valence-corrected chi connectivity index (χ2v) is 9.42. The average Bonchev–Trinajstić information content (AvgIpc) is 3.36. The van der Waals surface area contributed by atoms with Gasteiger partial charge in [-0.3, -0.25) is 4.79 Å². The maximum absolute atomic E-state index is 13.1. The molecule has 2 atom stereocenters. The van der Waals surface area contributed by atoms with Gasteiger partial charge in [-0.2, -0.15) is 4.31 Å². The fourth-order valence-corrected chi connectivity index (χ4v) is 5.96. The molecule has 0 saturated carbocycles. The SMILES string of the molecule is Cl.O=C(NCC1CCCN(S(=O)(=O)c2cnc3n2CCC3)C1)C1CCCN1. The third kappa shape index (κ3) is 4.16. The van der Waals surface area contributed by atoms with Crippen LogP contribution in [0.2, 0.25) is 0 Å². The van der Waals surface area contributed by atoms with E-state index in [0.717, 1.165) is 57.4 Å². The Labute approximate surface area is 166 Å². The number of nitrogens with zero attached hydrogens (tertiary/aromatic N) is 3. The van der Waals surface area contributed by atoms with Gasteiger partial charge >= 0.3 is 0 Å². The van der Waals surface area contributed by atoms with E-state index in [1.165, 1.54) is 6.20 Å². The van der Waals surface area contributed by atoms with E-state index < -0.39 is 10.0 Å². The number of rotatable bonds is 5. The Kier molecular flexibility index (Phi) is 6.45. The van der Waals surface area contributed by atoms with Gasteiger partial charge in [-0.25, -0.2) is 13.4 Å². The van der Waals surface area contributed by atoms with E-state index >= 15 is 0 Å². The summed E-state index contributed by atoms with van der Waals surface area (Å²) in [4.78, 5) is 16.4. The first kappa shape index (κ1) is 20.6. The van der Waals surface area contributed by atoms with Crippen molar-refractivity contribution in [3.63, 3.8) is 0 Å². The smallest absolute Gasteiger partial charge is 0.260 e. The molecule has 2 unspecified atom stereocenters. The molecule has 3 aliphatic rings. The van der Waals surface area contributed by atoms with Crippen LogP contribution in [-0.4, -0.2) is 60.4 Å². The van der Waals surface area contributed by atoms with Gasteiger partial charge in [-0.1, -0.05) is 0 Å². The maximum Gasteiger partial charge on any atom is 0.260 e. The first-order valence-corrected chi connectivity index (χ1v) is 11.1. The Balaban J connectivity index is 0.00000210. The molecule has 4 rings (SSSR count). The van der Waals surface area contributed by atoms with Crippen molar-refractivity contribution < 1.29 is 13.2 Å². The number of hydrogen-bond acceptors (Lipinski definition) is 5. The van der Waals surface area contributed by atoms with Gasteiger partial charge in [0.1, 0.15) is 5.82 Å². The van der Waals surface area contributed by atoms with Crippen LogP contribution in [0.4, 0.5) is 0 Å². The number of carbonyl (C=O) groups excluding carboxylic acids is 1. The van der Waals surface area contributed by atoms with Crippen LogP contribution in [0.15, 0.2) is 11.2 Å². The summed E-state index contributed by atoms with van der Waals surface area (Å²) in [5, 5.41) is 6.52. The van der Waals surface area contributed by atoms with E-state index in [1.807, 2.05) is 4.57 Å². The third-order valence-corrected chi connectivity index (χ3v) is 7.58. The van der Waals surface area contributed by atoms with Gasteiger partial charge in [0, 0.05) is 32.6 Å². The summed E-state index contributed by atoms with van der Waals surface area (Å²) in [7, 11) is -3.52. The normalized spacial score (nSPS) is 25.8. The molecular formula is C17H28ClN5O3S. The highest BCUT2D eigenvalue weighted by Crippen LogP contribution is 2.26. The second-order valence-electron chi connectivity index (χ2n) is 7.53. The van der Waals surface area contributed by atoms with Crippen molar-refractivity contribution in [3.8, 4) is 0 Å². The molecule has 2 saturated heterocycles. The molecule has 2 N–H and O–H groups in total. The minimum Gasteiger partial charge on any atom is -0.354 e. The largest absolute Gasteiger partial charge is 0.354 e. The minimum absolute atomic E-state index is 0. The summed E-state index contributed by atoms with van der Waals surface area (Å²) >= 11 is 0. The van der Waals surface area contributed by atoms with E-state index in [4.69, 9.17) is 0 Å². The number of sulfonamides is 1. The molecule has 2 fully saturated rings. The van der Waals surface area contributed by atoms with Crippen molar-refractivity contribution in [3.05, 3.63) is 12.0 Å². The fraction of sp³-hybridized carbons (Fsp3) is 0.765. The molecule has 0 aromatic carbocycles. The molecule has 0 spiro atoms. The lowest BCUT2D eigenvalue weighted by Crippen LogP contribution is -2.46. The summed E-state index contributed by atoms with van der Waals surface area (Å²) in [5.41, 5.74) is 0. The molecule has 0 radical (unpaired) electrons. The molecule has 1 aromatic heterocycles. The Bertz CT molecular complexity index is 776. The average molecular weight is 418 g/mol. The molecule has 152 valence electrons. The number of carbonyl (C=O) groups is 1. The van der Waals surface area contributed by atoms with Crippen molar-refractivity contribution in [1.82, 2.24) is 24.5 Å². The van der Waals surface area contributed by atoms with Crippen molar-refractivity contribution >= 4 is 28.3 Å². The van der Waals surface area contributed by atoms with Crippen LogP contribution >= 0.6 is 12.4 Å². The number of aryl methyl sites for hydroxylation is 1. The van der Waals surface area contributed by atoms with Crippen molar-refractivity contribution in [2.75, 3.05) is 26.2 Å². The lowest BCUT2D eigenvalue weighted by atomic mass is 9.99. The monoisotopic (exact) mass is 417 g/mol. The van der Waals surface area contributed by atoms with E-state index in [0.29, 0.717) is 24.7 Å². The number of nitrogens with one attached hydrogen (secondary N) is 2. The van der Waals surface area contributed by atoms with E-state index in [-0.39, 0.29) is 30.3 Å². The second kappa shape index (κ2) is 8.46. The number of halogens is 1. The highest BCUT2D eigenvalue weighted by atomic mass is 35.5. The lowest BCUT2D eigenvalue weighted by molar-refractivity contribution is -0.123. The number of amides is 1. The zero-order chi connectivity index (χ0) is 18.1. The molecule has 3 aliphatic heterocycles. The predicted molar refractivity (Wildman–Crippen MR) is 103 cm³/mol. The molecule has 8 nitrogen and oxygen atoms in total. The first-order valence-electron chi connectivity index (χ1n) is 9.61. The van der Waals surface area contributed by atoms with Crippen LogP contribution in [0.1, 0.15) is 37.9 Å². The highest BCUT2D eigenvalue weighted by Gasteiger charge is 2.34. The Morgan fingerprint density at radius 2 is 2.11 bits per heavy atom. The van der Waals surface area contributed by atoms with Crippen molar-refractivity contribution in [1.29, 1.82) is 0 Å². The standard InChI is InChI=1S/C17H27N5O3S.ClH/c23-17(14-5-1-7-18-14)20-10-13-4-2-8-21(12-13)26(24,25)16-11-19-15-6-3-9-22(15)16;/h11,13-14,18H,1-10,12H2,(H,20,23);1H. The van der Waals surface area contributed by atoms with Crippen LogP contribution in [0.5, 0.6) is 0 Å². The molecule has 1 aromatic rings. The number of aromatic nitrogens is 2. The number of hydrogen-bond donors (Lipinski definition) is 2. The number of fused-ring (bicyclic) bond motifs is 1. The Hall–Kier alpha value is -1.16. The number of imidazole rings is 1. The van der Waals surface area contributed by atoms with Crippen LogP contribution in [-0.2, 0) is 27.8 Å². The van der Waals surface area contributed by atoms with Crippen LogP contribution in [0, 0.1) is 5.92 Å². The van der Waals surface area contributed by atoms with Gasteiger partial charge in [0.05, 0.1) is 12.2 Å². The molecule has 0 bridgehead atoms. The van der Waals surface area contributed by atoms with Crippen molar-refractivity contribution in [2.24, 2.45) is 5.92 Å². The molecule has 10 heteroatoms. The van der Waals surface area contributed by atoms with Gasteiger partial charge in [0.25, 0.3) is 10.0 Å². The van der Waals surface area contributed by atoms with E-state index in [9.17, 15) is 13.2 Å². The van der Waals surface area contributed by atoms with Crippen molar-refractivity contribution in [2.45, 2.75) is 56.1 Å². The topological polar surface area (TPSA) is 96.3 Å². The molecule has 1 amide bonds. The van der Waals surface area contributed by atoms with Crippen LogP contribution < -0.4 is 10.6 Å².